The second kappa shape index (κ2) is 10.3. The average Bonchev–Trinajstić information content (AvgIpc) is 3.65. The molecule has 0 N–H and O–H groups in total. The van der Waals surface area contributed by atoms with Crippen LogP contribution in [0.15, 0.2) is 146 Å². The van der Waals surface area contributed by atoms with Crippen molar-refractivity contribution in [3.05, 3.63) is 151 Å². The Morgan fingerprint density at radius 2 is 1.00 bits per heavy atom. The van der Waals surface area contributed by atoms with E-state index < -0.39 is 0 Å². The van der Waals surface area contributed by atoms with E-state index in [0.717, 1.165) is 60.4 Å². The van der Waals surface area contributed by atoms with Crippen LogP contribution in [-0.4, -0.2) is 24.1 Å². The Morgan fingerprint density at radius 1 is 0.457 bits per heavy atom. The SMILES string of the molecule is N#Cc1ccc2c(c1)c1ccc3c4ccccc4n(-c4ccccc4)c3c1n2-c1nc(-c2ccccc2)nc(-c2ccccc2)n1. The summed E-state index contributed by atoms with van der Waals surface area (Å²) in [5.74, 6) is 1.68. The van der Waals surface area contributed by atoms with E-state index in [1.54, 1.807) is 0 Å². The summed E-state index contributed by atoms with van der Waals surface area (Å²) < 4.78 is 4.47. The smallest absolute Gasteiger partial charge is 0.238 e. The first kappa shape index (κ1) is 25.9. The lowest BCUT2D eigenvalue weighted by Crippen LogP contribution is -2.07. The Balaban J connectivity index is 1.49. The Hall–Kier alpha value is -6.58. The molecule has 0 unspecified atom stereocenters. The van der Waals surface area contributed by atoms with Crippen molar-refractivity contribution in [3.8, 4) is 40.5 Å². The number of benzene rings is 6. The number of nitrogens with zero attached hydrogens (tertiary/aromatic N) is 6. The minimum atomic E-state index is 0.509. The van der Waals surface area contributed by atoms with Gasteiger partial charge in [0.2, 0.25) is 5.95 Å². The Morgan fingerprint density at radius 3 is 1.65 bits per heavy atom. The molecule has 0 aliphatic rings. The number of hydrogen-bond acceptors (Lipinski definition) is 4. The zero-order valence-corrected chi connectivity index (χ0v) is 24.5. The van der Waals surface area contributed by atoms with Crippen LogP contribution in [0.25, 0.3) is 78.0 Å². The fourth-order valence-corrected chi connectivity index (χ4v) is 6.57. The van der Waals surface area contributed by atoms with E-state index in [9.17, 15) is 5.26 Å². The van der Waals surface area contributed by atoms with Gasteiger partial charge in [-0.15, -0.1) is 0 Å². The predicted molar refractivity (Wildman–Crippen MR) is 184 cm³/mol. The first-order valence-corrected chi connectivity index (χ1v) is 15.1. The average molecular weight is 589 g/mol. The molecule has 0 spiro atoms. The molecule has 0 saturated carbocycles. The van der Waals surface area contributed by atoms with Gasteiger partial charge in [0.1, 0.15) is 0 Å². The molecule has 0 saturated heterocycles. The molecule has 3 aromatic heterocycles. The molecular weight excluding hydrogens is 564 g/mol. The summed E-state index contributed by atoms with van der Waals surface area (Å²) in [6, 6.07) is 51.5. The third kappa shape index (κ3) is 3.93. The minimum Gasteiger partial charge on any atom is -0.307 e. The monoisotopic (exact) mass is 588 g/mol. The number of rotatable bonds is 4. The summed E-state index contributed by atoms with van der Waals surface area (Å²) in [5.41, 5.74) is 7.49. The quantitative estimate of drug-likeness (QED) is 0.205. The summed E-state index contributed by atoms with van der Waals surface area (Å²) in [6.07, 6.45) is 0. The van der Waals surface area contributed by atoms with Crippen LogP contribution in [0.2, 0.25) is 0 Å². The van der Waals surface area contributed by atoms with Crippen molar-refractivity contribution in [3.63, 3.8) is 0 Å². The molecule has 214 valence electrons. The zero-order valence-electron chi connectivity index (χ0n) is 24.5. The molecule has 6 heteroatoms. The second-order valence-electron chi connectivity index (χ2n) is 11.2. The van der Waals surface area contributed by atoms with Gasteiger partial charge < -0.3 is 4.57 Å². The molecule has 0 amide bonds. The lowest BCUT2D eigenvalue weighted by molar-refractivity contribution is 0.953. The van der Waals surface area contributed by atoms with Crippen molar-refractivity contribution >= 4 is 43.6 Å². The second-order valence-corrected chi connectivity index (χ2v) is 11.2. The van der Waals surface area contributed by atoms with Gasteiger partial charge in [-0.3, -0.25) is 4.57 Å². The number of hydrogen-bond donors (Lipinski definition) is 0. The van der Waals surface area contributed by atoms with Crippen molar-refractivity contribution < 1.29 is 0 Å². The molecule has 0 aliphatic heterocycles. The molecule has 6 nitrogen and oxygen atoms in total. The molecule has 0 bridgehead atoms. The van der Waals surface area contributed by atoms with Gasteiger partial charge >= 0.3 is 0 Å². The summed E-state index contributed by atoms with van der Waals surface area (Å²) in [7, 11) is 0. The van der Waals surface area contributed by atoms with E-state index in [-0.39, 0.29) is 0 Å². The van der Waals surface area contributed by atoms with Crippen LogP contribution in [0.3, 0.4) is 0 Å². The van der Waals surface area contributed by atoms with Gasteiger partial charge in [0, 0.05) is 38.4 Å². The van der Waals surface area contributed by atoms with Crippen LogP contribution in [-0.2, 0) is 0 Å². The van der Waals surface area contributed by atoms with Crippen molar-refractivity contribution in [1.82, 2.24) is 24.1 Å². The molecule has 0 fully saturated rings. The van der Waals surface area contributed by atoms with Crippen molar-refractivity contribution in [2.75, 3.05) is 0 Å². The molecule has 0 aliphatic carbocycles. The number of nitriles is 1. The fraction of sp³-hybridized carbons (Fsp3) is 0. The highest BCUT2D eigenvalue weighted by molar-refractivity contribution is 6.23. The van der Waals surface area contributed by atoms with E-state index >= 15 is 0 Å². The standard InChI is InChI=1S/C40H24N6/c41-25-26-20-23-35-33(24-26)32-22-21-31-30-18-10-11-19-34(30)45(29-16-8-3-9-17-29)36(31)37(32)46(35)40-43-38(27-12-4-1-5-13-27)42-39(44-40)28-14-6-2-7-15-28/h1-24H. The zero-order chi connectivity index (χ0) is 30.6. The first-order valence-electron chi connectivity index (χ1n) is 15.1. The van der Waals surface area contributed by atoms with E-state index in [4.69, 9.17) is 15.0 Å². The van der Waals surface area contributed by atoms with Crippen LogP contribution in [0, 0.1) is 11.3 Å². The third-order valence-electron chi connectivity index (χ3n) is 8.59. The Bertz CT molecular complexity index is 2570. The lowest BCUT2D eigenvalue weighted by Gasteiger charge is -2.13. The van der Waals surface area contributed by atoms with Crippen molar-refractivity contribution in [1.29, 1.82) is 5.26 Å². The number of para-hydroxylation sites is 2. The van der Waals surface area contributed by atoms with Crippen LogP contribution >= 0.6 is 0 Å². The highest BCUT2D eigenvalue weighted by Gasteiger charge is 2.23. The molecule has 9 aromatic rings. The highest BCUT2D eigenvalue weighted by Crippen LogP contribution is 2.41. The summed E-state index contributed by atoms with van der Waals surface area (Å²) >= 11 is 0. The normalized spacial score (nSPS) is 11.5. The number of aromatic nitrogens is 5. The topological polar surface area (TPSA) is 72.3 Å². The van der Waals surface area contributed by atoms with Gasteiger partial charge in [-0.25, -0.2) is 4.98 Å². The predicted octanol–water partition coefficient (Wildman–Crippen LogP) is 9.27. The van der Waals surface area contributed by atoms with Gasteiger partial charge in [-0.05, 0) is 36.4 Å². The van der Waals surface area contributed by atoms with Gasteiger partial charge in [-0.2, -0.15) is 15.2 Å². The van der Waals surface area contributed by atoms with E-state index in [2.05, 4.69) is 75.9 Å². The van der Waals surface area contributed by atoms with E-state index in [1.807, 2.05) is 84.9 Å². The largest absolute Gasteiger partial charge is 0.307 e. The third-order valence-corrected chi connectivity index (χ3v) is 8.59. The fourth-order valence-electron chi connectivity index (χ4n) is 6.57. The molecule has 9 rings (SSSR count). The number of fused-ring (bicyclic) bond motifs is 7. The molecule has 0 atom stereocenters. The molecule has 6 aromatic carbocycles. The minimum absolute atomic E-state index is 0.509. The van der Waals surface area contributed by atoms with Crippen LogP contribution in [0.5, 0.6) is 0 Å². The van der Waals surface area contributed by atoms with Crippen molar-refractivity contribution in [2.45, 2.75) is 0 Å². The van der Waals surface area contributed by atoms with Crippen LogP contribution in [0.1, 0.15) is 5.56 Å². The molecule has 0 radical (unpaired) electrons. The molecular formula is C40H24N6. The Labute approximate surface area is 264 Å². The van der Waals surface area contributed by atoms with Gasteiger partial charge in [0.15, 0.2) is 11.6 Å². The summed E-state index contributed by atoms with van der Waals surface area (Å²) in [4.78, 5) is 15.2. The molecule has 46 heavy (non-hydrogen) atoms. The maximum absolute atomic E-state index is 9.88. The van der Waals surface area contributed by atoms with Crippen LogP contribution < -0.4 is 0 Å². The highest BCUT2D eigenvalue weighted by atomic mass is 15.2. The van der Waals surface area contributed by atoms with Crippen molar-refractivity contribution in [2.24, 2.45) is 0 Å². The van der Waals surface area contributed by atoms with E-state index in [1.165, 1.54) is 0 Å². The first-order chi connectivity index (χ1) is 22.8. The Kier molecular flexibility index (Phi) is 5.77. The van der Waals surface area contributed by atoms with Gasteiger partial charge in [0.25, 0.3) is 0 Å². The van der Waals surface area contributed by atoms with Gasteiger partial charge in [-0.1, -0.05) is 109 Å². The summed E-state index contributed by atoms with van der Waals surface area (Å²) in [6.45, 7) is 0. The lowest BCUT2D eigenvalue weighted by atomic mass is 10.1. The maximum atomic E-state index is 9.88. The molecule has 3 heterocycles. The van der Waals surface area contributed by atoms with Crippen LogP contribution in [0.4, 0.5) is 0 Å². The van der Waals surface area contributed by atoms with Gasteiger partial charge in [0.05, 0.1) is 33.7 Å². The maximum Gasteiger partial charge on any atom is 0.238 e. The van der Waals surface area contributed by atoms with E-state index in [0.29, 0.717) is 23.2 Å². The summed E-state index contributed by atoms with van der Waals surface area (Å²) in [5, 5.41) is 14.1.